The first-order valence-electron chi connectivity index (χ1n) is 10.0. The zero-order valence-corrected chi connectivity index (χ0v) is 17.0. The van der Waals surface area contributed by atoms with Crippen LogP contribution in [0.5, 0.6) is 11.5 Å². The van der Waals surface area contributed by atoms with Gasteiger partial charge in [0.05, 0.1) is 0 Å². The van der Waals surface area contributed by atoms with Gasteiger partial charge in [0.2, 0.25) is 0 Å². The molecule has 0 unspecified atom stereocenters. The van der Waals surface area contributed by atoms with Crippen LogP contribution in [0.25, 0.3) is 0 Å². The van der Waals surface area contributed by atoms with Crippen molar-refractivity contribution >= 4 is 17.8 Å². The van der Waals surface area contributed by atoms with E-state index in [4.69, 9.17) is 9.47 Å². The number of nitrogens with one attached hydrogen (secondary N) is 1. The molecule has 0 radical (unpaired) electrons. The van der Waals surface area contributed by atoms with E-state index in [9.17, 15) is 14.4 Å². The lowest BCUT2D eigenvalue weighted by atomic mass is 9.96. The minimum atomic E-state index is -0.420. The molecule has 0 saturated carbocycles. The Hall–Kier alpha value is -3.35. The fraction of sp³-hybridized carbons (Fsp3) is 0.348. The number of ether oxygens (including phenoxy) is 2. The average molecular weight is 410 g/mol. The van der Waals surface area contributed by atoms with Gasteiger partial charge < -0.3 is 19.7 Å². The van der Waals surface area contributed by atoms with E-state index >= 15 is 0 Å². The molecule has 2 aromatic carbocycles. The van der Waals surface area contributed by atoms with E-state index in [1.165, 1.54) is 6.92 Å². The molecule has 1 heterocycles. The van der Waals surface area contributed by atoms with Gasteiger partial charge in [0.25, 0.3) is 11.8 Å². The van der Waals surface area contributed by atoms with Crippen molar-refractivity contribution in [3.8, 4) is 11.5 Å². The van der Waals surface area contributed by atoms with E-state index in [-0.39, 0.29) is 18.4 Å². The molecule has 7 heteroatoms. The van der Waals surface area contributed by atoms with Crippen molar-refractivity contribution in [1.29, 1.82) is 0 Å². The smallest absolute Gasteiger partial charge is 0.308 e. The second-order valence-electron chi connectivity index (χ2n) is 7.26. The van der Waals surface area contributed by atoms with Crippen molar-refractivity contribution < 1.29 is 23.9 Å². The molecule has 0 spiro atoms. The molecule has 2 aromatic rings. The first-order valence-corrected chi connectivity index (χ1v) is 10.0. The number of carbonyl (C=O) groups excluding carboxylic acids is 3. The Kier molecular flexibility index (Phi) is 7.43. The summed E-state index contributed by atoms with van der Waals surface area (Å²) in [6.45, 7) is 3.13. The van der Waals surface area contributed by atoms with Crippen LogP contribution in [0.1, 0.15) is 30.1 Å². The fourth-order valence-corrected chi connectivity index (χ4v) is 3.36. The Morgan fingerprint density at radius 3 is 2.40 bits per heavy atom. The number of nitrogens with zero attached hydrogens (tertiary/aromatic N) is 1. The zero-order chi connectivity index (χ0) is 21.3. The molecule has 3 rings (SSSR count). The zero-order valence-electron chi connectivity index (χ0n) is 17.0. The van der Waals surface area contributed by atoms with Gasteiger partial charge >= 0.3 is 5.97 Å². The standard InChI is InChI=1S/C23H26N2O5/c1-17(26)30-21-9-5-6-19(14-21)23(28)25-12-10-18(11-13-25)15-24-22(27)16-29-20-7-3-2-4-8-20/h2-9,14,18H,10-13,15-16H2,1H3,(H,24,27). The molecule has 7 nitrogen and oxygen atoms in total. The van der Waals surface area contributed by atoms with E-state index in [1.807, 2.05) is 30.3 Å². The highest BCUT2D eigenvalue weighted by Crippen LogP contribution is 2.20. The molecule has 0 aliphatic carbocycles. The third-order valence-corrected chi connectivity index (χ3v) is 4.95. The van der Waals surface area contributed by atoms with Crippen LogP contribution in [0.2, 0.25) is 0 Å². The summed E-state index contributed by atoms with van der Waals surface area (Å²) in [5.74, 6) is 0.696. The molecule has 1 N–H and O–H groups in total. The number of likely N-dealkylation sites (tertiary alicyclic amines) is 1. The number of hydrogen-bond donors (Lipinski definition) is 1. The summed E-state index contributed by atoms with van der Waals surface area (Å²) in [7, 11) is 0. The van der Waals surface area contributed by atoms with E-state index < -0.39 is 5.97 Å². The third-order valence-electron chi connectivity index (χ3n) is 4.95. The van der Waals surface area contributed by atoms with E-state index in [1.54, 1.807) is 29.2 Å². The van der Waals surface area contributed by atoms with E-state index in [0.29, 0.717) is 42.6 Å². The molecule has 1 aliphatic heterocycles. The number of benzene rings is 2. The molecule has 1 saturated heterocycles. The summed E-state index contributed by atoms with van der Waals surface area (Å²) in [6.07, 6.45) is 1.63. The molecule has 2 amide bonds. The minimum Gasteiger partial charge on any atom is -0.484 e. The van der Waals surface area contributed by atoms with Gasteiger partial charge in [-0.05, 0) is 49.1 Å². The Bertz CT molecular complexity index is 876. The van der Waals surface area contributed by atoms with Crippen molar-refractivity contribution in [1.82, 2.24) is 10.2 Å². The highest BCUT2D eigenvalue weighted by Gasteiger charge is 2.24. The Labute approximate surface area is 176 Å². The molecular formula is C23H26N2O5. The van der Waals surface area contributed by atoms with Gasteiger partial charge in [-0.2, -0.15) is 0 Å². The molecule has 30 heavy (non-hydrogen) atoms. The molecule has 0 atom stereocenters. The number of amides is 2. The molecular weight excluding hydrogens is 384 g/mol. The lowest BCUT2D eigenvalue weighted by Gasteiger charge is -2.32. The number of carbonyl (C=O) groups is 3. The van der Waals surface area contributed by atoms with Crippen molar-refractivity contribution in [2.75, 3.05) is 26.2 Å². The molecule has 0 bridgehead atoms. The lowest BCUT2D eigenvalue weighted by molar-refractivity contribution is -0.131. The topological polar surface area (TPSA) is 84.9 Å². The molecule has 158 valence electrons. The predicted octanol–water partition coefficient (Wildman–Crippen LogP) is 2.66. The first-order chi connectivity index (χ1) is 14.5. The molecule has 1 fully saturated rings. The van der Waals surface area contributed by atoms with Gasteiger partial charge in [0.15, 0.2) is 6.61 Å². The normalized spacial score (nSPS) is 14.1. The monoisotopic (exact) mass is 410 g/mol. The lowest BCUT2D eigenvalue weighted by Crippen LogP contribution is -2.42. The summed E-state index contributed by atoms with van der Waals surface area (Å²) in [5.41, 5.74) is 0.499. The van der Waals surface area contributed by atoms with E-state index in [0.717, 1.165) is 12.8 Å². The third kappa shape index (κ3) is 6.34. The van der Waals surface area contributed by atoms with Gasteiger partial charge in [-0.15, -0.1) is 0 Å². The van der Waals surface area contributed by atoms with Crippen LogP contribution in [-0.4, -0.2) is 48.9 Å². The van der Waals surface area contributed by atoms with Crippen molar-refractivity contribution in [3.05, 3.63) is 60.2 Å². The maximum absolute atomic E-state index is 12.7. The number of rotatable bonds is 7. The number of hydrogen-bond acceptors (Lipinski definition) is 5. The van der Waals surface area contributed by atoms with Gasteiger partial charge in [-0.1, -0.05) is 24.3 Å². The summed E-state index contributed by atoms with van der Waals surface area (Å²) in [6, 6.07) is 15.9. The molecule has 0 aromatic heterocycles. The van der Waals surface area contributed by atoms with Crippen LogP contribution in [0, 0.1) is 5.92 Å². The van der Waals surface area contributed by atoms with Crippen molar-refractivity contribution in [2.45, 2.75) is 19.8 Å². The van der Waals surface area contributed by atoms with Gasteiger partial charge in [-0.25, -0.2) is 0 Å². The average Bonchev–Trinajstić information content (AvgIpc) is 2.76. The van der Waals surface area contributed by atoms with Gasteiger partial charge in [0, 0.05) is 32.1 Å². The van der Waals surface area contributed by atoms with Gasteiger partial charge in [-0.3, -0.25) is 14.4 Å². The van der Waals surface area contributed by atoms with E-state index in [2.05, 4.69) is 5.32 Å². The number of esters is 1. The maximum Gasteiger partial charge on any atom is 0.308 e. The largest absolute Gasteiger partial charge is 0.484 e. The van der Waals surface area contributed by atoms with Crippen LogP contribution >= 0.6 is 0 Å². The summed E-state index contributed by atoms with van der Waals surface area (Å²) >= 11 is 0. The Balaban J connectivity index is 1.40. The second kappa shape index (κ2) is 10.4. The molecule has 1 aliphatic rings. The Morgan fingerprint density at radius 2 is 1.70 bits per heavy atom. The van der Waals surface area contributed by atoms with Crippen LogP contribution in [0.4, 0.5) is 0 Å². The van der Waals surface area contributed by atoms with Crippen LogP contribution in [0.15, 0.2) is 54.6 Å². The summed E-state index contributed by atoms with van der Waals surface area (Å²) in [4.78, 5) is 37.6. The summed E-state index contributed by atoms with van der Waals surface area (Å²) in [5, 5.41) is 2.91. The van der Waals surface area contributed by atoms with Crippen LogP contribution < -0.4 is 14.8 Å². The Morgan fingerprint density at radius 1 is 1.00 bits per heavy atom. The number of piperidine rings is 1. The SMILES string of the molecule is CC(=O)Oc1cccc(C(=O)N2CCC(CNC(=O)COc3ccccc3)CC2)c1. The highest BCUT2D eigenvalue weighted by molar-refractivity contribution is 5.94. The van der Waals surface area contributed by atoms with Crippen molar-refractivity contribution in [2.24, 2.45) is 5.92 Å². The minimum absolute atomic E-state index is 0.0139. The fourth-order valence-electron chi connectivity index (χ4n) is 3.36. The quantitative estimate of drug-likeness (QED) is 0.560. The first kappa shape index (κ1) is 21.4. The maximum atomic E-state index is 12.7. The van der Waals surface area contributed by atoms with Gasteiger partial charge in [0.1, 0.15) is 11.5 Å². The highest BCUT2D eigenvalue weighted by atomic mass is 16.5. The second-order valence-corrected chi connectivity index (χ2v) is 7.26. The van der Waals surface area contributed by atoms with Crippen LogP contribution in [-0.2, 0) is 9.59 Å². The number of para-hydroxylation sites is 1. The van der Waals surface area contributed by atoms with Crippen LogP contribution in [0.3, 0.4) is 0 Å². The predicted molar refractivity (Wildman–Crippen MR) is 111 cm³/mol. The van der Waals surface area contributed by atoms with Crippen molar-refractivity contribution in [3.63, 3.8) is 0 Å². The summed E-state index contributed by atoms with van der Waals surface area (Å²) < 4.78 is 10.5.